The average molecular weight is 389 g/mol. The first-order valence-corrected chi connectivity index (χ1v) is 9.25. The fourth-order valence-electron chi connectivity index (χ4n) is 2.20. The van der Waals surface area contributed by atoms with Crippen LogP contribution >= 0.6 is 22.9 Å². The zero-order chi connectivity index (χ0) is 18.4. The Morgan fingerprint density at radius 3 is 2.46 bits per heavy atom. The van der Waals surface area contributed by atoms with Gasteiger partial charge in [-0.25, -0.2) is 0 Å². The number of allylic oxidation sites excluding steroid dienone is 1. The van der Waals surface area contributed by atoms with E-state index >= 15 is 0 Å². The molecule has 6 heteroatoms. The first kappa shape index (κ1) is 18.3. The molecule has 0 aliphatic heterocycles. The van der Waals surface area contributed by atoms with Gasteiger partial charge in [0.05, 0.1) is 15.8 Å². The quantitative estimate of drug-likeness (QED) is 0.357. The molecule has 0 bridgehead atoms. The molecule has 3 rings (SSSR count). The summed E-state index contributed by atoms with van der Waals surface area (Å²) in [6.07, 6.45) is 3.11. The Morgan fingerprint density at radius 2 is 1.81 bits per heavy atom. The molecular formula is C20H17ClO4S. The Morgan fingerprint density at radius 1 is 1.08 bits per heavy atom. The summed E-state index contributed by atoms with van der Waals surface area (Å²) in [6, 6.07) is 14.4. The molecule has 26 heavy (non-hydrogen) atoms. The third-order valence-electron chi connectivity index (χ3n) is 3.41. The molecule has 0 unspecified atom stereocenters. The van der Waals surface area contributed by atoms with Crippen molar-refractivity contribution < 1.29 is 18.7 Å². The second kappa shape index (κ2) is 8.74. The molecule has 0 aliphatic carbocycles. The fourth-order valence-corrected chi connectivity index (χ4v) is 3.16. The summed E-state index contributed by atoms with van der Waals surface area (Å²) in [7, 11) is 0. The van der Waals surface area contributed by atoms with Crippen LogP contribution in [0.2, 0.25) is 4.34 Å². The van der Waals surface area contributed by atoms with E-state index in [2.05, 4.69) is 0 Å². The molecule has 1 aromatic carbocycles. The maximum Gasteiger partial charge on any atom is 0.195 e. The fraction of sp³-hybridized carbons (Fsp3) is 0.150. The number of benzene rings is 1. The maximum atomic E-state index is 12.0. The number of ketones is 1. The van der Waals surface area contributed by atoms with Gasteiger partial charge in [-0.05, 0) is 67.6 Å². The SMILES string of the molecule is CCOc1ccc(OCc2ccc(/C=C/C(=O)c3ccc(Cl)s3)o2)cc1. The van der Waals surface area contributed by atoms with Crippen molar-refractivity contribution in [1.82, 2.24) is 0 Å². The Balaban J connectivity index is 1.54. The van der Waals surface area contributed by atoms with Crippen molar-refractivity contribution in [3.63, 3.8) is 0 Å². The number of hydrogen-bond acceptors (Lipinski definition) is 5. The van der Waals surface area contributed by atoms with Gasteiger partial charge < -0.3 is 13.9 Å². The monoisotopic (exact) mass is 388 g/mol. The largest absolute Gasteiger partial charge is 0.494 e. The van der Waals surface area contributed by atoms with Crippen LogP contribution in [0.25, 0.3) is 6.08 Å². The van der Waals surface area contributed by atoms with Gasteiger partial charge in [0.1, 0.15) is 29.6 Å². The van der Waals surface area contributed by atoms with E-state index < -0.39 is 0 Å². The first-order chi connectivity index (χ1) is 12.6. The van der Waals surface area contributed by atoms with Crippen molar-refractivity contribution in [2.75, 3.05) is 6.61 Å². The van der Waals surface area contributed by atoms with Crippen LogP contribution in [0, 0.1) is 0 Å². The minimum absolute atomic E-state index is 0.106. The van der Waals surface area contributed by atoms with Crippen molar-refractivity contribution in [2.24, 2.45) is 0 Å². The minimum atomic E-state index is -0.106. The van der Waals surface area contributed by atoms with Crippen LogP contribution < -0.4 is 9.47 Å². The third kappa shape index (κ3) is 5.00. The highest BCUT2D eigenvalue weighted by Crippen LogP contribution is 2.23. The predicted molar refractivity (Wildman–Crippen MR) is 103 cm³/mol. The molecule has 134 valence electrons. The molecule has 0 saturated heterocycles. The van der Waals surface area contributed by atoms with Crippen molar-refractivity contribution >= 4 is 34.8 Å². The summed E-state index contributed by atoms with van der Waals surface area (Å²) in [4.78, 5) is 12.6. The van der Waals surface area contributed by atoms with Gasteiger partial charge in [-0.2, -0.15) is 0 Å². The second-order valence-corrected chi connectivity index (χ2v) is 7.01. The normalized spacial score (nSPS) is 11.0. The summed E-state index contributed by atoms with van der Waals surface area (Å²) in [5, 5.41) is 0. The summed E-state index contributed by atoms with van der Waals surface area (Å²) in [5.74, 6) is 2.69. The molecule has 0 radical (unpaired) electrons. The van der Waals surface area contributed by atoms with E-state index in [1.165, 1.54) is 17.4 Å². The topological polar surface area (TPSA) is 48.7 Å². The lowest BCUT2D eigenvalue weighted by Gasteiger charge is -2.06. The lowest BCUT2D eigenvalue weighted by Crippen LogP contribution is -1.94. The minimum Gasteiger partial charge on any atom is -0.494 e. The summed E-state index contributed by atoms with van der Waals surface area (Å²) >= 11 is 7.09. The molecule has 0 N–H and O–H groups in total. The van der Waals surface area contributed by atoms with Gasteiger partial charge in [0.2, 0.25) is 0 Å². The number of ether oxygens (including phenoxy) is 2. The Kier molecular flexibility index (Phi) is 6.15. The van der Waals surface area contributed by atoms with E-state index in [4.69, 9.17) is 25.5 Å². The third-order valence-corrected chi connectivity index (χ3v) is 4.66. The number of rotatable bonds is 8. The van der Waals surface area contributed by atoms with Gasteiger partial charge in [-0.3, -0.25) is 4.79 Å². The van der Waals surface area contributed by atoms with Crippen LogP contribution in [0.1, 0.15) is 28.1 Å². The summed E-state index contributed by atoms with van der Waals surface area (Å²) in [6.45, 7) is 2.87. The molecule has 0 fully saturated rings. The molecular weight excluding hydrogens is 372 g/mol. The van der Waals surface area contributed by atoms with Gasteiger partial charge >= 0.3 is 0 Å². The van der Waals surface area contributed by atoms with Crippen molar-refractivity contribution in [3.8, 4) is 11.5 Å². The lowest BCUT2D eigenvalue weighted by atomic mass is 10.3. The summed E-state index contributed by atoms with van der Waals surface area (Å²) < 4.78 is 17.3. The van der Waals surface area contributed by atoms with Gasteiger partial charge in [0, 0.05) is 0 Å². The van der Waals surface area contributed by atoms with Crippen LogP contribution in [0.5, 0.6) is 11.5 Å². The van der Waals surface area contributed by atoms with E-state index in [-0.39, 0.29) is 5.78 Å². The predicted octanol–water partition coefficient (Wildman–Crippen LogP) is 5.87. The molecule has 0 aliphatic rings. The van der Waals surface area contributed by atoms with Gasteiger partial charge in [0.15, 0.2) is 5.78 Å². The number of halogens is 1. The second-order valence-electron chi connectivity index (χ2n) is 5.30. The first-order valence-electron chi connectivity index (χ1n) is 8.06. The molecule has 2 aromatic heterocycles. The zero-order valence-corrected chi connectivity index (χ0v) is 15.7. The van der Waals surface area contributed by atoms with Crippen molar-refractivity contribution in [2.45, 2.75) is 13.5 Å². The number of carbonyl (C=O) groups is 1. The van der Waals surface area contributed by atoms with Crippen LogP contribution in [-0.4, -0.2) is 12.4 Å². The number of furan rings is 1. The molecule has 0 spiro atoms. The van der Waals surface area contributed by atoms with Gasteiger partial charge in [-0.1, -0.05) is 11.6 Å². The highest BCUT2D eigenvalue weighted by Gasteiger charge is 2.06. The van der Waals surface area contributed by atoms with Crippen molar-refractivity contribution in [3.05, 3.63) is 75.3 Å². The Labute approximate surface area is 160 Å². The highest BCUT2D eigenvalue weighted by atomic mass is 35.5. The molecule has 4 nitrogen and oxygen atoms in total. The zero-order valence-electron chi connectivity index (χ0n) is 14.1. The Bertz CT molecular complexity index is 893. The van der Waals surface area contributed by atoms with Crippen molar-refractivity contribution in [1.29, 1.82) is 0 Å². The summed E-state index contributed by atoms with van der Waals surface area (Å²) in [5.41, 5.74) is 0. The van der Waals surface area contributed by atoms with Gasteiger partial charge in [-0.15, -0.1) is 11.3 Å². The molecule has 3 aromatic rings. The maximum absolute atomic E-state index is 12.0. The van der Waals surface area contributed by atoms with E-state index in [0.717, 1.165) is 11.5 Å². The smallest absolute Gasteiger partial charge is 0.195 e. The Hall–Kier alpha value is -2.50. The molecule has 0 saturated carbocycles. The highest BCUT2D eigenvalue weighted by molar-refractivity contribution is 7.18. The van der Waals surface area contributed by atoms with Crippen LogP contribution in [-0.2, 0) is 6.61 Å². The molecule has 0 atom stereocenters. The standard InChI is InChI=1S/C20H17ClO4S/c1-2-23-14-3-5-15(6-4-14)24-13-17-8-7-16(25-17)9-10-18(22)19-11-12-20(21)26-19/h3-12H,2,13H2,1H3/b10-9+. The van der Waals surface area contributed by atoms with E-state index in [1.807, 2.05) is 37.3 Å². The van der Waals surface area contributed by atoms with E-state index in [1.54, 1.807) is 24.3 Å². The molecule has 2 heterocycles. The number of carbonyl (C=O) groups excluding carboxylic acids is 1. The molecule has 0 amide bonds. The van der Waals surface area contributed by atoms with Crippen LogP contribution in [0.4, 0.5) is 0 Å². The van der Waals surface area contributed by atoms with E-state index in [0.29, 0.717) is 33.9 Å². The number of thiophene rings is 1. The lowest BCUT2D eigenvalue weighted by molar-refractivity contribution is 0.105. The van der Waals surface area contributed by atoms with E-state index in [9.17, 15) is 4.79 Å². The van der Waals surface area contributed by atoms with Gasteiger partial charge in [0.25, 0.3) is 0 Å². The van der Waals surface area contributed by atoms with Crippen LogP contribution in [0.15, 0.2) is 59.0 Å². The average Bonchev–Trinajstić information content (AvgIpc) is 3.28. The van der Waals surface area contributed by atoms with Crippen LogP contribution in [0.3, 0.4) is 0 Å². The number of hydrogen-bond donors (Lipinski definition) is 0.